The van der Waals surface area contributed by atoms with E-state index < -0.39 is 0 Å². The second-order valence-corrected chi connectivity index (χ2v) is 5.50. The largest absolute Gasteiger partial charge is 0.383 e. The molecule has 1 aromatic rings. The molecule has 1 unspecified atom stereocenters. The maximum Gasteiger partial charge on any atom is 0.0589 e. The average Bonchev–Trinajstić information content (AvgIpc) is 2.47. The Hall–Kier alpha value is -0.900. The summed E-state index contributed by atoms with van der Waals surface area (Å²) in [5, 5.41) is 3.66. The predicted molar refractivity (Wildman–Crippen MR) is 86.1 cm³/mol. The summed E-state index contributed by atoms with van der Waals surface area (Å²) in [6.07, 6.45) is 1.16. The molecule has 0 fully saturated rings. The van der Waals surface area contributed by atoms with Crippen molar-refractivity contribution in [2.45, 2.75) is 39.3 Å². The van der Waals surface area contributed by atoms with Crippen LogP contribution in [0.25, 0.3) is 0 Å². The maximum atomic E-state index is 5.23. The summed E-state index contributed by atoms with van der Waals surface area (Å²) in [7, 11) is 1.77. The van der Waals surface area contributed by atoms with Crippen molar-refractivity contribution in [3.05, 3.63) is 35.9 Å². The zero-order valence-corrected chi connectivity index (χ0v) is 13.4. The van der Waals surface area contributed by atoms with Crippen molar-refractivity contribution in [3.63, 3.8) is 0 Å². The van der Waals surface area contributed by atoms with Crippen molar-refractivity contribution < 1.29 is 4.74 Å². The molecule has 20 heavy (non-hydrogen) atoms. The molecule has 0 aromatic heterocycles. The van der Waals surface area contributed by atoms with Gasteiger partial charge in [-0.2, -0.15) is 0 Å². The van der Waals surface area contributed by atoms with Crippen molar-refractivity contribution >= 4 is 0 Å². The van der Waals surface area contributed by atoms with E-state index in [0.29, 0.717) is 12.1 Å². The van der Waals surface area contributed by atoms with E-state index >= 15 is 0 Å². The number of hydrogen-bond acceptors (Lipinski definition) is 3. The van der Waals surface area contributed by atoms with Gasteiger partial charge in [0.05, 0.1) is 6.61 Å². The van der Waals surface area contributed by atoms with Gasteiger partial charge in [0.15, 0.2) is 0 Å². The van der Waals surface area contributed by atoms with E-state index in [1.807, 2.05) is 0 Å². The van der Waals surface area contributed by atoms with Gasteiger partial charge in [-0.05, 0) is 32.4 Å². The lowest BCUT2D eigenvalue weighted by molar-refractivity contribution is 0.121. The lowest BCUT2D eigenvalue weighted by Crippen LogP contribution is -2.41. The SMILES string of the molecule is CCCNC(CN(CCOC)C(C)C)c1ccccc1. The van der Waals surface area contributed by atoms with Gasteiger partial charge in [-0.3, -0.25) is 4.90 Å². The normalized spacial score (nSPS) is 13.1. The molecule has 0 aliphatic heterocycles. The molecule has 0 aliphatic carbocycles. The van der Waals surface area contributed by atoms with Crippen molar-refractivity contribution in [3.8, 4) is 0 Å². The molecule has 1 aromatic carbocycles. The molecule has 1 atom stereocenters. The fourth-order valence-corrected chi connectivity index (χ4v) is 2.30. The van der Waals surface area contributed by atoms with E-state index in [1.165, 1.54) is 5.56 Å². The maximum absolute atomic E-state index is 5.23. The highest BCUT2D eigenvalue weighted by molar-refractivity contribution is 5.19. The summed E-state index contributed by atoms with van der Waals surface area (Å²) in [6.45, 7) is 10.5. The smallest absolute Gasteiger partial charge is 0.0589 e. The fourth-order valence-electron chi connectivity index (χ4n) is 2.30. The average molecular weight is 278 g/mol. The monoisotopic (exact) mass is 278 g/mol. The number of ether oxygens (including phenoxy) is 1. The molecule has 3 heteroatoms. The van der Waals surface area contributed by atoms with Crippen molar-refractivity contribution in [1.82, 2.24) is 10.2 Å². The molecular weight excluding hydrogens is 248 g/mol. The lowest BCUT2D eigenvalue weighted by atomic mass is 10.1. The first kappa shape index (κ1) is 17.2. The van der Waals surface area contributed by atoms with Crippen LogP contribution in [0.1, 0.15) is 38.8 Å². The Morgan fingerprint density at radius 1 is 1.20 bits per heavy atom. The Morgan fingerprint density at radius 3 is 2.45 bits per heavy atom. The highest BCUT2D eigenvalue weighted by Gasteiger charge is 2.17. The predicted octanol–water partition coefficient (Wildman–Crippen LogP) is 3.08. The minimum absolute atomic E-state index is 0.385. The van der Waals surface area contributed by atoms with Crippen LogP contribution < -0.4 is 5.32 Å². The molecule has 0 spiro atoms. The molecule has 0 heterocycles. The molecule has 0 saturated carbocycles. The Morgan fingerprint density at radius 2 is 1.90 bits per heavy atom. The Kier molecular flexibility index (Phi) is 8.51. The van der Waals surface area contributed by atoms with E-state index in [9.17, 15) is 0 Å². The lowest BCUT2D eigenvalue weighted by Gasteiger charge is -2.31. The first-order valence-corrected chi connectivity index (χ1v) is 7.70. The molecule has 0 radical (unpaired) electrons. The van der Waals surface area contributed by atoms with Gasteiger partial charge in [0, 0.05) is 32.3 Å². The highest BCUT2D eigenvalue weighted by Crippen LogP contribution is 2.15. The van der Waals surface area contributed by atoms with Crippen LogP contribution in [0.5, 0.6) is 0 Å². The standard InChI is InChI=1S/C17H30N2O/c1-5-11-18-17(16-9-7-6-8-10-16)14-19(15(2)3)12-13-20-4/h6-10,15,17-18H,5,11-14H2,1-4H3. The van der Waals surface area contributed by atoms with Crippen molar-refractivity contribution in [1.29, 1.82) is 0 Å². The van der Waals surface area contributed by atoms with E-state index in [2.05, 4.69) is 61.3 Å². The Labute approximate surface area is 124 Å². The van der Waals surface area contributed by atoms with Gasteiger partial charge < -0.3 is 10.1 Å². The zero-order valence-electron chi connectivity index (χ0n) is 13.4. The van der Waals surface area contributed by atoms with Gasteiger partial charge in [0.2, 0.25) is 0 Å². The number of nitrogens with one attached hydrogen (secondary N) is 1. The molecule has 0 aliphatic rings. The third-order valence-corrected chi connectivity index (χ3v) is 3.57. The molecule has 0 bridgehead atoms. The van der Waals surface area contributed by atoms with Crippen LogP contribution in [-0.2, 0) is 4.74 Å². The molecule has 114 valence electrons. The molecule has 0 amide bonds. The number of methoxy groups -OCH3 is 1. The summed E-state index contributed by atoms with van der Waals surface area (Å²) in [6, 6.07) is 11.6. The van der Waals surface area contributed by atoms with Crippen LogP contribution in [0.15, 0.2) is 30.3 Å². The summed E-state index contributed by atoms with van der Waals surface area (Å²) >= 11 is 0. The van der Waals surface area contributed by atoms with Crippen LogP contribution >= 0.6 is 0 Å². The molecular formula is C17H30N2O. The van der Waals surface area contributed by atoms with Gasteiger partial charge >= 0.3 is 0 Å². The Bertz CT molecular complexity index is 340. The van der Waals surface area contributed by atoms with Gasteiger partial charge in [0.25, 0.3) is 0 Å². The van der Waals surface area contributed by atoms with E-state index in [4.69, 9.17) is 4.74 Å². The van der Waals surface area contributed by atoms with Crippen molar-refractivity contribution in [2.24, 2.45) is 0 Å². The van der Waals surface area contributed by atoms with Gasteiger partial charge in [-0.1, -0.05) is 37.3 Å². The van der Waals surface area contributed by atoms with Crippen LogP contribution in [-0.4, -0.2) is 44.3 Å². The van der Waals surface area contributed by atoms with Crippen LogP contribution in [0.3, 0.4) is 0 Å². The molecule has 3 nitrogen and oxygen atoms in total. The summed E-state index contributed by atoms with van der Waals surface area (Å²) < 4.78 is 5.23. The third kappa shape index (κ3) is 6.04. The van der Waals surface area contributed by atoms with E-state index in [-0.39, 0.29) is 0 Å². The fraction of sp³-hybridized carbons (Fsp3) is 0.647. The molecule has 1 rings (SSSR count). The summed E-state index contributed by atoms with van der Waals surface area (Å²) in [5.41, 5.74) is 1.36. The van der Waals surface area contributed by atoms with E-state index in [1.54, 1.807) is 7.11 Å². The molecule has 1 N–H and O–H groups in total. The topological polar surface area (TPSA) is 24.5 Å². The number of rotatable bonds is 10. The summed E-state index contributed by atoms with van der Waals surface area (Å²) in [4.78, 5) is 2.48. The molecule has 0 saturated heterocycles. The minimum Gasteiger partial charge on any atom is -0.383 e. The van der Waals surface area contributed by atoms with Gasteiger partial charge in [0.1, 0.15) is 0 Å². The summed E-state index contributed by atoms with van der Waals surface area (Å²) in [5.74, 6) is 0. The second-order valence-electron chi connectivity index (χ2n) is 5.50. The number of nitrogens with zero attached hydrogens (tertiary/aromatic N) is 1. The quantitative estimate of drug-likeness (QED) is 0.712. The highest BCUT2D eigenvalue weighted by atomic mass is 16.5. The van der Waals surface area contributed by atoms with Crippen molar-refractivity contribution in [2.75, 3.05) is 33.4 Å². The number of hydrogen-bond donors (Lipinski definition) is 1. The first-order chi connectivity index (χ1) is 9.69. The number of benzene rings is 1. The third-order valence-electron chi connectivity index (χ3n) is 3.57. The Balaban J connectivity index is 2.71. The second kappa shape index (κ2) is 9.92. The zero-order chi connectivity index (χ0) is 14.8. The van der Waals surface area contributed by atoms with Crippen LogP contribution in [0.2, 0.25) is 0 Å². The van der Waals surface area contributed by atoms with Crippen LogP contribution in [0.4, 0.5) is 0 Å². The van der Waals surface area contributed by atoms with Gasteiger partial charge in [-0.15, -0.1) is 0 Å². The first-order valence-electron chi connectivity index (χ1n) is 7.70. The van der Waals surface area contributed by atoms with Gasteiger partial charge in [-0.25, -0.2) is 0 Å². The minimum atomic E-state index is 0.385. The van der Waals surface area contributed by atoms with Crippen LogP contribution in [0, 0.1) is 0 Å². The van der Waals surface area contributed by atoms with E-state index in [0.717, 1.165) is 32.7 Å².